The number of aromatic nitrogens is 1. The van der Waals surface area contributed by atoms with Gasteiger partial charge >= 0.3 is 11.9 Å². The minimum Gasteiger partial charge on any atom is -0.480 e. The zero-order chi connectivity index (χ0) is 11.6. The molecule has 0 amide bonds. The van der Waals surface area contributed by atoms with Gasteiger partial charge in [-0.25, -0.2) is 4.79 Å². The fourth-order valence-electron chi connectivity index (χ4n) is 1.28. The largest absolute Gasteiger partial charge is 0.480 e. The van der Waals surface area contributed by atoms with Gasteiger partial charge in [0.05, 0.1) is 7.11 Å². The highest BCUT2D eigenvalue weighted by atomic mass is 16.5. The lowest BCUT2D eigenvalue weighted by molar-refractivity contribution is -0.138. The van der Waals surface area contributed by atoms with Crippen molar-refractivity contribution in [1.82, 2.24) is 4.57 Å². The van der Waals surface area contributed by atoms with Crippen LogP contribution in [-0.4, -0.2) is 28.7 Å². The van der Waals surface area contributed by atoms with Gasteiger partial charge in [-0.15, -0.1) is 0 Å². The van der Waals surface area contributed by atoms with Gasteiger partial charge in [-0.1, -0.05) is 0 Å². The number of carbonyl (C=O) groups is 2. The highest BCUT2D eigenvalue weighted by molar-refractivity contribution is 5.88. The van der Waals surface area contributed by atoms with Crippen molar-refractivity contribution in [1.29, 1.82) is 0 Å². The van der Waals surface area contributed by atoms with Crippen molar-refractivity contribution >= 4 is 11.9 Å². The number of rotatable bonds is 3. The number of carboxylic acid groups (broad SMARTS) is 1. The summed E-state index contributed by atoms with van der Waals surface area (Å²) in [5.41, 5.74) is 6.04. The van der Waals surface area contributed by atoms with E-state index < -0.39 is 18.0 Å². The molecule has 0 saturated heterocycles. The highest BCUT2D eigenvalue weighted by Crippen LogP contribution is 2.14. The van der Waals surface area contributed by atoms with E-state index in [2.05, 4.69) is 4.74 Å². The molecule has 0 aliphatic heterocycles. The summed E-state index contributed by atoms with van der Waals surface area (Å²) >= 11 is 0. The minimum absolute atomic E-state index is 0.268. The third-order valence-corrected chi connectivity index (χ3v) is 2.14. The molecular weight excluding hydrogens is 200 g/mol. The Hall–Kier alpha value is -1.82. The molecular formula is C9H12N2O4. The fraction of sp³-hybridized carbons (Fsp3) is 0.333. The molecule has 1 unspecified atom stereocenters. The average Bonchev–Trinajstić information content (AvgIpc) is 2.57. The van der Waals surface area contributed by atoms with Crippen molar-refractivity contribution in [2.45, 2.75) is 6.04 Å². The molecule has 3 N–H and O–H groups in total. The van der Waals surface area contributed by atoms with Gasteiger partial charge in [0.2, 0.25) is 0 Å². The van der Waals surface area contributed by atoms with Gasteiger partial charge in [0.1, 0.15) is 11.7 Å². The number of aliphatic carboxylic acids is 1. The Bertz CT molecular complexity index is 397. The molecule has 1 rings (SSSR count). The van der Waals surface area contributed by atoms with E-state index in [0.717, 1.165) is 0 Å². The second-order valence-electron chi connectivity index (χ2n) is 3.01. The summed E-state index contributed by atoms with van der Waals surface area (Å²) in [5, 5.41) is 8.71. The third kappa shape index (κ3) is 1.99. The Kier molecular flexibility index (Phi) is 3.11. The van der Waals surface area contributed by atoms with Crippen LogP contribution in [0.15, 0.2) is 12.1 Å². The fourth-order valence-corrected chi connectivity index (χ4v) is 1.28. The van der Waals surface area contributed by atoms with Crippen molar-refractivity contribution in [2.24, 2.45) is 12.8 Å². The highest BCUT2D eigenvalue weighted by Gasteiger charge is 2.21. The molecule has 82 valence electrons. The van der Waals surface area contributed by atoms with Crippen LogP contribution in [0.2, 0.25) is 0 Å². The Morgan fingerprint density at radius 3 is 2.60 bits per heavy atom. The zero-order valence-corrected chi connectivity index (χ0v) is 8.43. The summed E-state index contributed by atoms with van der Waals surface area (Å²) in [5.74, 6) is -1.67. The van der Waals surface area contributed by atoms with Gasteiger partial charge < -0.3 is 20.1 Å². The number of nitrogens with zero attached hydrogens (tertiary/aromatic N) is 1. The van der Waals surface area contributed by atoms with Crippen LogP contribution in [0.25, 0.3) is 0 Å². The van der Waals surface area contributed by atoms with Gasteiger partial charge in [-0.3, -0.25) is 4.79 Å². The molecule has 1 heterocycles. The van der Waals surface area contributed by atoms with Gasteiger partial charge in [-0.05, 0) is 12.1 Å². The first-order chi connectivity index (χ1) is 6.99. The van der Waals surface area contributed by atoms with Crippen LogP contribution >= 0.6 is 0 Å². The quantitative estimate of drug-likeness (QED) is 0.682. The number of hydrogen-bond donors (Lipinski definition) is 2. The maximum Gasteiger partial charge on any atom is 0.354 e. The predicted octanol–water partition coefficient (Wildman–Crippen LogP) is -0.104. The number of methoxy groups -OCH3 is 1. The summed E-state index contributed by atoms with van der Waals surface area (Å²) in [6.07, 6.45) is 0. The van der Waals surface area contributed by atoms with E-state index in [-0.39, 0.29) is 5.69 Å². The molecule has 0 aromatic carbocycles. The monoisotopic (exact) mass is 212 g/mol. The van der Waals surface area contributed by atoms with E-state index in [9.17, 15) is 9.59 Å². The number of nitrogens with two attached hydrogens (primary N) is 1. The number of carbonyl (C=O) groups excluding carboxylic acids is 1. The van der Waals surface area contributed by atoms with Crippen molar-refractivity contribution in [3.8, 4) is 0 Å². The summed E-state index contributed by atoms with van der Waals surface area (Å²) in [6.45, 7) is 0. The van der Waals surface area contributed by atoms with E-state index in [0.29, 0.717) is 5.69 Å². The lowest BCUT2D eigenvalue weighted by Gasteiger charge is -2.09. The maximum atomic E-state index is 11.2. The van der Waals surface area contributed by atoms with Crippen LogP contribution in [0.1, 0.15) is 22.2 Å². The van der Waals surface area contributed by atoms with Crippen LogP contribution in [0.5, 0.6) is 0 Å². The lowest BCUT2D eigenvalue weighted by atomic mass is 10.2. The second kappa shape index (κ2) is 4.14. The maximum absolute atomic E-state index is 11.2. The van der Waals surface area contributed by atoms with E-state index in [4.69, 9.17) is 10.8 Å². The molecule has 0 saturated carbocycles. The molecule has 1 aromatic heterocycles. The van der Waals surface area contributed by atoms with Gasteiger partial charge in [0, 0.05) is 12.7 Å². The van der Waals surface area contributed by atoms with E-state index in [1.165, 1.54) is 23.8 Å². The molecule has 1 atom stereocenters. The first-order valence-electron chi connectivity index (χ1n) is 4.21. The first kappa shape index (κ1) is 11.3. The van der Waals surface area contributed by atoms with Gasteiger partial charge in [0.25, 0.3) is 0 Å². The van der Waals surface area contributed by atoms with Crippen LogP contribution < -0.4 is 5.73 Å². The molecule has 6 heteroatoms. The molecule has 15 heavy (non-hydrogen) atoms. The molecule has 0 fully saturated rings. The first-order valence-corrected chi connectivity index (χ1v) is 4.21. The van der Waals surface area contributed by atoms with E-state index >= 15 is 0 Å². The third-order valence-electron chi connectivity index (χ3n) is 2.14. The topological polar surface area (TPSA) is 94.6 Å². The molecule has 0 spiro atoms. The number of esters is 1. The van der Waals surface area contributed by atoms with E-state index in [1.54, 1.807) is 7.05 Å². The van der Waals surface area contributed by atoms with E-state index in [1.807, 2.05) is 0 Å². The Labute approximate surface area is 86.2 Å². The zero-order valence-electron chi connectivity index (χ0n) is 8.43. The molecule has 0 aliphatic rings. The molecule has 0 bridgehead atoms. The summed E-state index contributed by atoms with van der Waals surface area (Å²) in [7, 11) is 2.82. The molecule has 6 nitrogen and oxygen atoms in total. The average molecular weight is 212 g/mol. The number of hydrogen-bond acceptors (Lipinski definition) is 4. The van der Waals surface area contributed by atoms with Crippen LogP contribution in [0, 0.1) is 0 Å². The molecule has 0 aliphatic carbocycles. The van der Waals surface area contributed by atoms with Crippen LogP contribution in [0.4, 0.5) is 0 Å². The van der Waals surface area contributed by atoms with Crippen molar-refractivity contribution in [3.05, 3.63) is 23.5 Å². The summed E-state index contributed by atoms with van der Waals surface area (Å²) in [4.78, 5) is 21.9. The van der Waals surface area contributed by atoms with Crippen molar-refractivity contribution < 1.29 is 19.4 Å². The Morgan fingerprint density at radius 1 is 1.53 bits per heavy atom. The summed E-state index contributed by atoms with van der Waals surface area (Å²) in [6, 6.07) is 1.82. The second-order valence-corrected chi connectivity index (χ2v) is 3.01. The summed E-state index contributed by atoms with van der Waals surface area (Å²) < 4.78 is 5.93. The predicted molar refractivity (Wildman–Crippen MR) is 51.3 cm³/mol. The standard InChI is InChI=1S/C9H12N2O4/c1-11-5(7(10)8(12)13)3-4-6(11)9(14)15-2/h3-4,7H,10H2,1-2H3,(H,12,13). The van der Waals surface area contributed by atoms with Crippen LogP contribution in [-0.2, 0) is 16.6 Å². The SMILES string of the molecule is COC(=O)c1ccc(C(N)C(=O)O)n1C. The van der Waals surface area contributed by atoms with Crippen molar-refractivity contribution in [3.63, 3.8) is 0 Å². The van der Waals surface area contributed by atoms with Crippen LogP contribution in [0.3, 0.4) is 0 Å². The number of carboxylic acids is 1. The van der Waals surface area contributed by atoms with Gasteiger partial charge in [0.15, 0.2) is 0 Å². The van der Waals surface area contributed by atoms with Crippen molar-refractivity contribution in [2.75, 3.05) is 7.11 Å². The van der Waals surface area contributed by atoms with Gasteiger partial charge in [-0.2, -0.15) is 0 Å². The Balaban J connectivity index is 3.09. The smallest absolute Gasteiger partial charge is 0.354 e. The number of ether oxygens (including phenoxy) is 1. The lowest BCUT2D eigenvalue weighted by Crippen LogP contribution is -2.24. The molecule has 1 aromatic rings. The normalized spacial score (nSPS) is 12.2. The molecule has 0 radical (unpaired) electrons. The Morgan fingerprint density at radius 2 is 2.13 bits per heavy atom. The minimum atomic E-state index is -1.15.